The Hall–Kier alpha value is -4.53. The number of esters is 1. The monoisotopic (exact) mass is 459 g/mol. The molecule has 1 amide bonds. The number of para-hydroxylation sites is 2. The molecule has 4 aromatic rings. The van der Waals surface area contributed by atoms with E-state index in [9.17, 15) is 19.7 Å². The van der Waals surface area contributed by atoms with Gasteiger partial charge in [0.1, 0.15) is 11.8 Å². The van der Waals surface area contributed by atoms with Crippen LogP contribution < -0.4 is 10.1 Å². The summed E-state index contributed by atoms with van der Waals surface area (Å²) in [5, 5.41) is 15.3. The van der Waals surface area contributed by atoms with Gasteiger partial charge in [-0.05, 0) is 18.2 Å². The molecule has 0 bridgehead atoms. The molecule has 1 heterocycles. The van der Waals surface area contributed by atoms with Crippen LogP contribution in [-0.4, -0.2) is 42.0 Å². The Morgan fingerprint density at radius 3 is 2.18 bits per heavy atom. The van der Waals surface area contributed by atoms with Gasteiger partial charge < -0.3 is 14.8 Å². The van der Waals surface area contributed by atoms with E-state index < -0.39 is 22.8 Å². The van der Waals surface area contributed by atoms with Crippen LogP contribution in [0.15, 0.2) is 66.7 Å². The van der Waals surface area contributed by atoms with Crippen LogP contribution in [0.25, 0.3) is 21.8 Å². The Labute approximate surface area is 194 Å². The normalized spacial score (nSPS) is 11.7. The van der Waals surface area contributed by atoms with E-state index in [1.165, 1.54) is 32.4 Å². The number of ether oxygens (including phenoxy) is 2. The van der Waals surface area contributed by atoms with Crippen LogP contribution in [0.5, 0.6) is 5.75 Å². The molecule has 3 aromatic carbocycles. The van der Waals surface area contributed by atoms with Crippen molar-refractivity contribution < 1.29 is 24.0 Å². The molecule has 0 aliphatic heterocycles. The highest BCUT2D eigenvalue weighted by molar-refractivity contribution is 6.16. The highest BCUT2D eigenvalue weighted by atomic mass is 16.6. The molecular weight excluding hydrogens is 438 g/mol. The van der Waals surface area contributed by atoms with E-state index >= 15 is 0 Å². The number of nitrogens with zero attached hydrogens (tertiary/aromatic N) is 2. The number of pyridine rings is 1. The van der Waals surface area contributed by atoms with Crippen LogP contribution in [0.4, 0.5) is 5.69 Å². The number of fused-ring (bicyclic) bond motifs is 2. The SMILES string of the molecule is COC(=O)[C@H](Cc1cc([N+](=O)[O-])ccc1OC)NC(=O)c1c2ccccc2nc2ccccc12. The maximum Gasteiger partial charge on any atom is 0.328 e. The van der Waals surface area contributed by atoms with Crippen LogP contribution in [0.2, 0.25) is 0 Å². The minimum atomic E-state index is -1.11. The summed E-state index contributed by atoms with van der Waals surface area (Å²) in [6.45, 7) is 0. The lowest BCUT2D eigenvalue weighted by molar-refractivity contribution is -0.384. The van der Waals surface area contributed by atoms with Gasteiger partial charge in [-0.25, -0.2) is 9.78 Å². The van der Waals surface area contributed by atoms with E-state index in [1.54, 1.807) is 24.3 Å². The third-order valence-corrected chi connectivity index (χ3v) is 5.50. The van der Waals surface area contributed by atoms with Gasteiger partial charge in [-0.1, -0.05) is 36.4 Å². The lowest BCUT2D eigenvalue weighted by Gasteiger charge is -2.19. The summed E-state index contributed by atoms with van der Waals surface area (Å²) in [5.74, 6) is -0.826. The van der Waals surface area contributed by atoms with Gasteiger partial charge in [0.25, 0.3) is 11.6 Å². The number of benzene rings is 3. The average molecular weight is 459 g/mol. The zero-order valence-electron chi connectivity index (χ0n) is 18.5. The largest absolute Gasteiger partial charge is 0.496 e. The molecule has 9 nitrogen and oxygen atoms in total. The van der Waals surface area contributed by atoms with Crippen LogP contribution >= 0.6 is 0 Å². The van der Waals surface area contributed by atoms with E-state index in [1.807, 2.05) is 24.3 Å². The molecule has 0 radical (unpaired) electrons. The van der Waals surface area contributed by atoms with Gasteiger partial charge in [0.2, 0.25) is 0 Å². The number of methoxy groups -OCH3 is 2. The molecule has 0 saturated carbocycles. The third-order valence-electron chi connectivity index (χ3n) is 5.50. The first-order valence-corrected chi connectivity index (χ1v) is 10.4. The number of nitro groups is 1. The highest BCUT2D eigenvalue weighted by Crippen LogP contribution is 2.28. The Bertz CT molecular complexity index is 1360. The molecule has 0 aliphatic rings. The predicted molar refractivity (Wildman–Crippen MR) is 126 cm³/mol. The zero-order chi connectivity index (χ0) is 24.2. The van der Waals surface area contributed by atoms with Crippen molar-refractivity contribution in [2.24, 2.45) is 0 Å². The minimum absolute atomic E-state index is 0.0653. The summed E-state index contributed by atoms with van der Waals surface area (Å²) < 4.78 is 10.2. The van der Waals surface area contributed by atoms with Gasteiger partial charge in [0, 0.05) is 34.9 Å². The van der Waals surface area contributed by atoms with Crippen LogP contribution in [0, 0.1) is 10.1 Å². The summed E-state index contributed by atoms with van der Waals surface area (Å²) in [5.41, 5.74) is 1.89. The molecule has 34 heavy (non-hydrogen) atoms. The molecule has 1 atom stereocenters. The second kappa shape index (κ2) is 9.53. The molecule has 0 unspecified atom stereocenters. The molecule has 0 aliphatic carbocycles. The van der Waals surface area contributed by atoms with Gasteiger partial charge in [-0.3, -0.25) is 14.9 Å². The zero-order valence-corrected chi connectivity index (χ0v) is 18.5. The van der Waals surface area contributed by atoms with Gasteiger partial charge in [-0.15, -0.1) is 0 Å². The summed E-state index contributed by atoms with van der Waals surface area (Å²) in [6.07, 6.45) is -0.0653. The fourth-order valence-corrected chi connectivity index (χ4v) is 3.91. The van der Waals surface area contributed by atoms with Crippen molar-refractivity contribution in [1.82, 2.24) is 10.3 Å². The number of nitro benzene ring substituents is 1. The van der Waals surface area contributed by atoms with Crippen LogP contribution in [-0.2, 0) is 16.0 Å². The second-order valence-electron chi connectivity index (χ2n) is 7.53. The van der Waals surface area contributed by atoms with Crippen molar-refractivity contribution in [1.29, 1.82) is 0 Å². The van der Waals surface area contributed by atoms with E-state index in [0.717, 1.165) is 0 Å². The number of hydrogen-bond acceptors (Lipinski definition) is 7. The molecule has 0 saturated heterocycles. The molecule has 172 valence electrons. The standard InChI is InChI=1S/C25H21N3O6/c1-33-22-12-11-16(28(31)32)13-15(22)14-21(25(30)34-2)27-24(29)23-17-7-3-5-9-19(17)26-20-10-6-4-8-18(20)23/h3-13,21H,14H2,1-2H3,(H,27,29)/t21-/m0/s1. The topological polar surface area (TPSA) is 121 Å². The molecule has 1 aromatic heterocycles. The molecule has 0 spiro atoms. The van der Waals surface area contributed by atoms with Gasteiger partial charge in [-0.2, -0.15) is 0 Å². The van der Waals surface area contributed by atoms with Gasteiger partial charge in [0.05, 0.1) is 35.7 Å². The molecule has 1 N–H and O–H groups in total. The summed E-state index contributed by atoms with van der Waals surface area (Å²) in [7, 11) is 2.63. The molecular formula is C25H21N3O6. The van der Waals surface area contributed by atoms with Gasteiger partial charge in [0.15, 0.2) is 0 Å². The Morgan fingerprint density at radius 1 is 1.00 bits per heavy atom. The number of hydrogen-bond donors (Lipinski definition) is 1. The van der Waals surface area contributed by atoms with Crippen molar-refractivity contribution in [3.8, 4) is 5.75 Å². The van der Waals surface area contributed by atoms with Crippen molar-refractivity contribution in [2.45, 2.75) is 12.5 Å². The first-order chi connectivity index (χ1) is 16.4. The maximum absolute atomic E-state index is 13.5. The summed E-state index contributed by atoms with van der Waals surface area (Å²) in [6, 6.07) is 17.4. The fourth-order valence-electron chi connectivity index (χ4n) is 3.91. The van der Waals surface area contributed by atoms with Gasteiger partial charge >= 0.3 is 5.97 Å². The Morgan fingerprint density at radius 2 is 1.62 bits per heavy atom. The van der Waals surface area contributed by atoms with Crippen molar-refractivity contribution in [3.63, 3.8) is 0 Å². The Balaban J connectivity index is 1.76. The number of aromatic nitrogens is 1. The lowest BCUT2D eigenvalue weighted by Crippen LogP contribution is -2.43. The smallest absolute Gasteiger partial charge is 0.328 e. The number of carbonyl (C=O) groups is 2. The second-order valence-corrected chi connectivity index (χ2v) is 7.53. The van der Waals surface area contributed by atoms with Crippen molar-refractivity contribution in [3.05, 3.63) is 88.0 Å². The summed E-state index contributed by atoms with van der Waals surface area (Å²) >= 11 is 0. The summed E-state index contributed by atoms with van der Waals surface area (Å²) in [4.78, 5) is 41.5. The maximum atomic E-state index is 13.5. The van der Waals surface area contributed by atoms with E-state index in [2.05, 4.69) is 10.3 Å². The van der Waals surface area contributed by atoms with Crippen LogP contribution in [0.1, 0.15) is 15.9 Å². The van der Waals surface area contributed by atoms with Crippen molar-refractivity contribution in [2.75, 3.05) is 14.2 Å². The Kier molecular flexibility index (Phi) is 6.35. The molecule has 4 rings (SSSR count). The van der Waals surface area contributed by atoms with E-state index in [4.69, 9.17) is 9.47 Å². The predicted octanol–water partition coefficient (Wildman–Crippen LogP) is 3.82. The van der Waals surface area contributed by atoms with E-state index in [-0.39, 0.29) is 12.1 Å². The quantitative estimate of drug-likeness (QED) is 0.193. The molecule has 0 fully saturated rings. The molecule has 9 heteroatoms. The number of carbonyl (C=O) groups excluding carboxylic acids is 2. The number of non-ortho nitro benzene ring substituents is 1. The third kappa shape index (κ3) is 4.36. The lowest BCUT2D eigenvalue weighted by atomic mass is 10.00. The number of nitrogens with one attached hydrogen (secondary N) is 1. The average Bonchev–Trinajstić information content (AvgIpc) is 2.86. The van der Waals surface area contributed by atoms with E-state index in [0.29, 0.717) is 38.7 Å². The highest BCUT2D eigenvalue weighted by Gasteiger charge is 2.27. The first kappa shape index (κ1) is 22.7. The fraction of sp³-hybridized carbons (Fsp3) is 0.160. The van der Waals surface area contributed by atoms with Crippen LogP contribution in [0.3, 0.4) is 0 Å². The first-order valence-electron chi connectivity index (χ1n) is 10.4. The minimum Gasteiger partial charge on any atom is -0.496 e. The number of amides is 1. The number of rotatable bonds is 7. The van der Waals surface area contributed by atoms with Crippen molar-refractivity contribution >= 4 is 39.4 Å².